The van der Waals surface area contributed by atoms with Crippen LogP contribution in [0.1, 0.15) is 15.9 Å². The van der Waals surface area contributed by atoms with Gasteiger partial charge >= 0.3 is 0 Å². The zero-order valence-corrected chi connectivity index (χ0v) is 17.6. The number of rotatable bonds is 6. The van der Waals surface area contributed by atoms with Crippen LogP contribution in [0.5, 0.6) is 17.4 Å². The quantitative estimate of drug-likeness (QED) is 0.398. The number of hydrogen-bond acceptors (Lipinski definition) is 5. The van der Waals surface area contributed by atoms with Crippen molar-refractivity contribution in [3.05, 3.63) is 108 Å². The van der Waals surface area contributed by atoms with Gasteiger partial charge in [-0.1, -0.05) is 60.7 Å². The van der Waals surface area contributed by atoms with Crippen LogP contribution in [0.25, 0.3) is 16.9 Å². The van der Waals surface area contributed by atoms with E-state index in [0.29, 0.717) is 18.0 Å². The van der Waals surface area contributed by atoms with Crippen LogP contribution < -0.4 is 10.1 Å². The van der Waals surface area contributed by atoms with E-state index in [4.69, 9.17) is 4.74 Å². The van der Waals surface area contributed by atoms with Crippen molar-refractivity contribution in [3.8, 4) is 28.6 Å². The molecule has 33 heavy (non-hydrogen) atoms. The van der Waals surface area contributed by atoms with Crippen LogP contribution in [0.2, 0.25) is 0 Å². The van der Waals surface area contributed by atoms with Crippen LogP contribution >= 0.6 is 0 Å². The zero-order chi connectivity index (χ0) is 22.6. The summed E-state index contributed by atoms with van der Waals surface area (Å²) in [6.07, 6.45) is 1.41. The number of para-hydroxylation sites is 1. The van der Waals surface area contributed by atoms with Gasteiger partial charge in [0.1, 0.15) is 17.1 Å². The molecule has 3 aromatic carbocycles. The van der Waals surface area contributed by atoms with Gasteiger partial charge in [-0.25, -0.2) is 4.98 Å². The number of amides is 1. The van der Waals surface area contributed by atoms with Gasteiger partial charge < -0.3 is 15.2 Å². The van der Waals surface area contributed by atoms with E-state index in [9.17, 15) is 9.90 Å². The van der Waals surface area contributed by atoms with Crippen LogP contribution in [0.4, 0.5) is 0 Å². The van der Waals surface area contributed by atoms with E-state index in [1.807, 2.05) is 84.9 Å². The van der Waals surface area contributed by atoms with Crippen LogP contribution in [0, 0.1) is 0 Å². The highest BCUT2D eigenvalue weighted by Crippen LogP contribution is 2.24. The molecule has 0 unspecified atom stereocenters. The molecular formula is C26H20N4O3. The largest absolute Gasteiger partial charge is 0.493 e. The second-order valence-electron chi connectivity index (χ2n) is 7.40. The number of benzene rings is 3. The number of hydrogen-bond donors (Lipinski definition) is 2. The maximum Gasteiger partial charge on any atom is 0.257 e. The highest BCUT2D eigenvalue weighted by atomic mass is 16.5. The molecule has 0 radical (unpaired) electrons. The van der Waals surface area contributed by atoms with Crippen molar-refractivity contribution in [1.82, 2.24) is 19.9 Å². The second kappa shape index (κ2) is 8.84. The van der Waals surface area contributed by atoms with E-state index in [-0.39, 0.29) is 23.0 Å². The zero-order valence-electron chi connectivity index (χ0n) is 17.6. The number of aromatic nitrogens is 3. The fourth-order valence-electron chi connectivity index (χ4n) is 3.44. The number of aromatic hydroxyl groups is 1. The first-order valence-corrected chi connectivity index (χ1v) is 10.4. The summed E-state index contributed by atoms with van der Waals surface area (Å²) in [6, 6.07) is 28.0. The SMILES string of the molecule is O=C(NCc1ccc(Oc2ccccc2)cc1)c1cnn2c(O)cc(-c3ccccc3)nc12. The van der Waals surface area contributed by atoms with Crippen molar-refractivity contribution in [2.24, 2.45) is 0 Å². The lowest BCUT2D eigenvalue weighted by molar-refractivity contribution is 0.0952. The summed E-state index contributed by atoms with van der Waals surface area (Å²) in [5.41, 5.74) is 2.89. The van der Waals surface area contributed by atoms with Gasteiger partial charge in [0, 0.05) is 18.2 Å². The highest BCUT2D eigenvalue weighted by molar-refractivity contribution is 5.99. The summed E-state index contributed by atoms with van der Waals surface area (Å²) >= 11 is 0. The summed E-state index contributed by atoms with van der Waals surface area (Å²) in [7, 11) is 0. The molecule has 2 aromatic heterocycles. The van der Waals surface area contributed by atoms with E-state index in [2.05, 4.69) is 15.4 Å². The average Bonchev–Trinajstić information content (AvgIpc) is 3.29. The molecule has 5 aromatic rings. The lowest BCUT2D eigenvalue weighted by atomic mass is 10.1. The monoisotopic (exact) mass is 436 g/mol. The summed E-state index contributed by atoms with van der Waals surface area (Å²) in [5.74, 6) is 1.06. The second-order valence-corrected chi connectivity index (χ2v) is 7.40. The third-order valence-electron chi connectivity index (χ3n) is 5.12. The molecule has 5 rings (SSSR count). The Labute approximate surface area is 189 Å². The number of fused-ring (bicyclic) bond motifs is 1. The Morgan fingerprint density at radius 3 is 2.30 bits per heavy atom. The van der Waals surface area contributed by atoms with Crippen molar-refractivity contribution in [3.63, 3.8) is 0 Å². The third-order valence-corrected chi connectivity index (χ3v) is 5.12. The molecule has 0 atom stereocenters. The summed E-state index contributed by atoms with van der Waals surface area (Å²) < 4.78 is 7.04. The number of nitrogens with one attached hydrogen (secondary N) is 1. The highest BCUT2D eigenvalue weighted by Gasteiger charge is 2.17. The van der Waals surface area contributed by atoms with Crippen molar-refractivity contribution in [2.45, 2.75) is 6.54 Å². The Hall–Kier alpha value is -4.65. The van der Waals surface area contributed by atoms with Crippen LogP contribution in [0.15, 0.2) is 97.2 Å². The van der Waals surface area contributed by atoms with Crippen LogP contribution in [-0.4, -0.2) is 25.6 Å². The van der Waals surface area contributed by atoms with Crippen LogP contribution in [0.3, 0.4) is 0 Å². The molecule has 0 aliphatic carbocycles. The molecule has 0 saturated heterocycles. The van der Waals surface area contributed by atoms with Crippen molar-refractivity contribution >= 4 is 11.6 Å². The Balaban J connectivity index is 1.31. The summed E-state index contributed by atoms with van der Waals surface area (Å²) in [5, 5.41) is 17.4. The van der Waals surface area contributed by atoms with Gasteiger partial charge in [0.2, 0.25) is 5.88 Å². The minimum Gasteiger partial charge on any atom is -0.493 e. The van der Waals surface area contributed by atoms with Crippen molar-refractivity contribution < 1.29 is 14.6 Å². The van der Waals surface area contributed by atoms with E-state index < -0.39 is 0 Å². The minimum absolute atomic E-state index is 0.0908. The molecule has 0 aliphatic rings. The first-order valence-electron chi connectivity index (χ1n) is 10.4. The number of ether oxygens (including phenoxy) is 1. The van der Waals surface area contributed by atoms with Gasteiger partial charge in [0.25, 0.3) is 5.91 Å². The molecular weight excluding hydrogens is 416 g/mol. The Morgan fingerprint density at radius 2 is 1.58 bits per heavy atom. The Bertz CT molecular complexity index is 1400. The smallest absolute Gasteiger partial charge is 0.257 e. The third kappa shape index (κ3) is 4.38. The Kier molecular flexibility index (Phi) is 5.43. The lowest BCUT2D eigenvalue weighted by Crippen LogP contribution is -2.22. The molecule has 0 fully saturated rings. The molecule has 1 amide bonds. The van der Waals surface area contributed by atoms with Gasteiger partial charge in [0.05, 0.1) is 11.9 Å². The summed E-state index contributed by atoms with van der Waals surface area (Å²) in [6.45, 7) is 0.326. The predicted octanol–water partition coefficient (Wildman–Crippen LogP) is 4.82. The lowest BCUT2D eigenvalue weighted by Gasteiger charge is -2.08. The van der Waals surface area contributed by atoms with Gasteiger partial charge in [-0.15, -0.1) is 0 Å². The van der Waals surface area contributed by atoms with Crippen molar-refractivity contribution in [2.75, 3.05) is 0 Å². The molecule has 7 nitrogen and oxygen atoms in total. The fraction of sp³-hybridized carbons (Fsp3) is 0.0385. The maximum absolute atomic E-state index is 12.8. The standard InChI is InChI=1S/C26H20N4O3/c31-24-15-23(19-7-3-1-4-8-19)29-25-22(17-28-30(24)25)26(32)27-16-18-11-13-21(14-12-18)33-20-9-5-2-6-10-20/h1-15,17,31H,16H2,(H,27,32). The molecule has 162 valence electrons. The van der Waals surface area contributed by atoms with Crippen molar-refractivity contribution in [1.29, 1.82) is 0 Å². The molecule has 7 heteroatoms. The number of nitrogens with zero attached hydrogens (tertiary/aromatic N) is 3. The van der Waals surface area contributed by atoms with Gasteiger partial charge in [-0.3, -0.25) is 4.79 Å². The van der Waals surface area contributed by atoms with Crippen LogP contribution in [-0.2, 0) is 6.54 Å². The normalized spacial score (nSPS) is 10.8. The number of carbonyl (C=O) groups excluding carboxylic acids is 1. The molecule has 0 aliphatic heterocycles. The van der Waals surface area contributed by atoms with Gasteiger partial charge in [-0.2, -0.15) is 9.61 Å². The van der Waals surface area contributed by atoms with E-state index in [1.165, 1.54) is 16.8 Å². The minimum atomic E-state index is -0.327. The van der Waals surface area contributed by atoms with Gasteiger partial charge in [-0.05, 0) is 29.8 Å². The molecule has 0 spiro atoms. The average molecular weight is 436 g/mol. The van der Waals surface area contributed by atoms with E-state index in [0.717, 1.165) is 16.9 Å². The molecule has 2 heterocycles. The molecule has 0 saturated carbocycles. The van der Waals surface area contributed by atoms with E-state index >= 15 is 0 Å². The number of carbonyl (C=O) groups is 1. The topological polar surface area (TPSA) is 88.8 Å². The Morgan fingerprint density at radius 1 is 0.909 bits per heavy atom. The van der Waals surface area contributed by atoms with E-state index in [1.54, 1.807) is 0 Å². The first-order chi connectivity index (χ1) is 16.2. The molecule has 0 bridgehead atoms. The summed E-state index contributed by atoms with van der Waals surface area (Å²) in [4.78, 5) is 17.4. The predicted molar refractivity (Wildman–Crippen MR) is 124 cm³/mol. The van der Waals surface area contributed by atoms with Gasteiger partial charge in [0.15, 0.2) is 5.65 Å². The fourth-order valence-corrected chi connectivity index (χ4v) is 3.44. The maximum atomic E-state index is 12.8. The first kappa shape index (κ1) is 20.3. The molecule has 2 N–H and O–H groups in total.